The Bertz CT molecular complexity index is 624. The standard InChI is InChI=1S/C19H27N3O4.ClH/c1-13-10-22(11-14(2)26-13)19(24)16-5-3-15(4-6-16)9-21-18(23)17-12-25-8-7-20-17;/h3-6,13-14,17,20H,7-12H2,1-2H3,(H,21,23);1H. The minimum atomic E-state index is -0.296. The third kappa shape index (κ3) is 5.90. The summed E-state index contributed by atoms with van der Waals surface area (Å²) in [4.78, 5) is 26.6. The second-order valence-corrected chi connectivity index (χ2v) is 6.96. The van der Waals surface area contributed by atoms with Gasteiger partial charge in [-0.3, -0.25) is 9.59 Å². The molecule has 3 rings (SSSR count). The Kier molecular flexibility index (Phi) is 8.04. The first kappa shape index (κ1) is 21.6. The Labute approximate surface area is 166 Å². The Morgan fingerprint density at radius 3 is 2.44 bits per heavy atom. The number of carbonyl (C=O) groups is 2. The summed E-state index contributed by atoms with van der Waals surface area (Å²) in [5, 5.41) is 6.02. The molecule has 0 saturated carbocycles. The topological polar surface area (TPSA) is 79.9 Å². The van der Waals surface area contributed by atoms with Crippen LogP contribution in [0.2, 0.25) is 0 Å². The van der Waals surface area contributed by atoms with E-state index in [1.165, 1.54) is 0 Å². The van der Waals surface area contributed by atoms with Crippen molar-refractivity contribution in [3.05, 3.63) is 35.4 Å². The quantitative estimate of drug-likeness (QED) is 0.791. The molecule has 27 heavy (non-hydrogen) atoms. The first-order valence-electron chi connectivity index (χ1n) is 9.15. The lowest BCUT2D eigenvalue weighted by atomic mass is 10.1. The molecule has 0 aliphatic carbocycles. The molecule has 0 bridgehead atoms. The van der Waals surface area contributed by atoms with Crippen LogP contribution >= 0.6 is 12.4 Å². The predicted octanol–water partition coefficient (Wildman–Crippen LogP) is 0.962. The number of hydrogen-bond acceptors (Lipinski definition) is 5. The van der Waals surface area contributed by atoms with Crippen molar-refractivity contribution in [3.8, 4) is 0 Å². The summed E-state index contributed by atoms with van der Waals surface area (Å²) in [6.45, 7) is 7.33. The molecule has 150 valence electrons. The molecule has 3 atom stereocenters. The van der Waals surface area contributed by atoms with Crippen molar-refractivity contribution in [2.24, 2.45) is 0 Å². The molecule has 2 N–H and O–H groups in total. The van der Waals surface area contributed by atoms with Gasteiger partial charge in [-0.15, -0.1) is 12.4 Å². The Morgan fingerprint density at radius 2 is 1.85 bits per heavy atom. The molecule has 2 aliphatic rings. The van der Waals surface area contributed by atoms with Crippen LogP contribution in [0.3, 0.4) is 0 Å². The summed E-state index contributed by atoms with van der Waals surface area (Å²) in [6, 6.07) is 7.10. The van der Waals surface area contributed by atoms with E-state index in [4.69, 9.17) is 9.47 Å². The van der Waals surface area contributed by atoms with Crippen LogP contribution in [-0.2, 0) is 20.8 Å². The number of amides is 2. The highest BCUT2D eigenvalue weighted by Crippen LogP contribution is 2.15. The number of rotatable bonds is 4. The maximum absolute atomic E-state index is 12.7. The number of carbonyl (C=O) groups excluding carboxylic acids is 2. The van der Waals surface area contributed by atoms with Gasteiger partial charge in [0, 0.05) is 31.7 Å². The zero-order valence-corrected chi connectivity index (χ0v) is 16.6. The summed E-state index contributed by atoms with van der Waals surface area (Å²) < 4.78 is 11.0. The highest BCUT2D eigenvalue weighted by Gasteiger charge is 2.26. The number of nitrogens with zero attached hydrogens (tertiary/aromatic N) is 1. The molecule has 2 amide bonds. The van der Waals surface area contributed by atoms with Crippen LogP contribution in [0.5, 0.6) is 0 Å². The van der Waals surface area contributed by atoms with E-state index < -0.39 is 0 Å². The van der Waals surface area contributed by atoms with Crippen LogP contribution in [0, 0.1) is 0 Å². The first-order valence-corrected chi connectivity index (χ1v) is 9.15. The smallest absolute Gasteiger partial charge is 0.254 e. The SMILES string of the molecule is CC1CN(C(=O)c2ccc(CNC(=O)C3COCCN3)cc2)CC(C)O1.Cl. The van der Waals surface area contributed by atoms with Crippen molar-refractivity contribution in [3.63, 3.8) is 0 Å². The van der Waals surface area contributed by atoms with Gasteiger partial charge in [0.2, 0.25) is 5.91 Å². The number of morpholine rings is 2. The fourth-order valence-electron chi connectivity index (χ4n) is 3.34. The van der Waals surface area contributed by atoms with Crippen LogP contribution in [0.4, 0.5) is 0 Å². The average Bonchev–Trinajstić information content (AvgIpc) is 2.66. The van der Waals surface area contributed by atoms with Gasteiger partial charge in [-0.05, 0) is 31.5 Å². The van der Waals surface area contributed by atoms with E-state index in [1.807, 2.05) is 43.0 Å². The lowest BCUT2D eigenvalue weighted by Gasteiger charge is -2.35. The van der Waals surface area contributed by atoms with Gasteiger partial charge in [-0.1, -0.05) is 12.1 Å². The Morgan fingerprint density at radius 1 is 1.19 bits per heavy atom. The molecular formula is C19H28ClN3O4. The average molecular weight is 398 g/mol. The molecule has 1 aromatic rings. The number of hydrogen-bond donors (Lipinski definition) is 2. The summed E-state index contributed by atoms with van der Waals surface area (Å²) in [6.07, 6.45) is 0.101. The second-order valence-electron chi connectivity index (χ2n) is 6.96. The molecule has 1 aromatic carbocycles. The van der Waals surface area contributed by atoms with Crippen molar-refractivity contribution >= 4 is 24.2 Å². The number of halogens is 1. The molecule has 2 aliphatic heterocycles. The van der Waals surface area contributed by atoms with Crippen molar-refractivity contribution in [1.82, 2.24) is 15.5 Å². The second kappa shape index (κ2) is 10.0. The van der Waals surface area contributed by atoms with Crippen molar-refractivity contribution in [2.75, 3.05) is 32.8 Å². The van der Waals surface area contributed by atoms with E-state index in [0.29, 0.717) is 45.0 Å². The third-order valence-corrected chi connectivity index (χ3v) is 4.61. The van der Waals surface area contributed by atoms with E-state index in [-0.39, 0.29) is 42.5 Å². The molecular weight excluding hydrogens is 370 g/mol. The summed E-state index contributed by atoms with van der Waals surface area (Å²) in [5.74, 6) is -0.0488. The fraction of sp³-hybridized carbons (Fsp3) is 0.579. The lowest BCUT2D eigenvalue weighted by Crippen LogP contribution is -2.51. The van der Waals surface area contributed by atoms with Crippen LogP contribution in [0.25, 0.3) is 0 Å². The molecule has 8 heteroatoms. The summed E-state index contributed by atoms with van der Waals surface area (Å²) >= 11 is 0. The molecule has 2 heterocycles. The van der Waals surface area contributed by atoms with Gasteiger partial charge < -0.3 is 25.0 Å². The van der Waals surface area contributed by atoms with Gasteiger partial charge in [0.25, 0.3) is 5.91 Å². The molecule has 2 fully saturated rings. The van der Waals surface area contributed by atoms with E-state index in [0.717, 1.165) is 5.56 Å². The molecule has 2 saturated heterocycles. The first-order chi connectivity index (χ1) is 12.5. The zero-order chi connectivity index (χ0) is 18.5. The van der Waals surface area contributed by atoms with Gasteiger partial charge >= 0.3 is 0 Å². The normalized spacial score (nSPS) is 25.4. The summed E-state index contributed by atoms with van der Waals surface area (Å²) in [7, 11) is 0. The lowest BCUT2D eigenvalue weighted by molar-refractivity contribution is -0.126. The number of ether oxygens (including phenoxy) is 2. The van der Waals surface area contributed by atoms with Crippen LogP contribution in [0.1, 0.15) is 29.8 Å². The number of nitrogens with one attached hydrogen (secondary N) is 2. The van der Waals surface area contributed by atoms with E-state index in [1.54, 1.807) is 0 Å². The monoisotopic (exact) mass is 397 g/mol. The van der Waals surface area contributed by atoms with E-state index in [2.05, 4.69) is 10.6 Å². The van der Waals surface area contributed by atoms with Gasteiger partial charge in [-0.25, -0.2) is 0 Å². The molecule has 0 radical (unpaired) electrons. The molecule has 3 unspecified atom stereocenters. The highest BCUT2D eigenvalue weighted by atomic mass is 35.5. The van der Waals surface area contributed by atoms with Gasteiger partial charge in [0.05, 0.1) is 25.4 Å². The largest absolute Gasteiger partial charge is 0.378 e. The maximum Gasteiger partial charge on any atom is 0.254 e. The van der Waals surface area contributed by atoms with Crippen molar-refractivity contribution < 1.29 is 19.1 Å². The predicted molar refractivity (Wildman–Crippen MR) is 104 cm³/mol. The maximum atomic E-state index is 12.7. The molecule has 7 nitrogen and oxygen atoms in total. The minimum Gasteiger partial charge on any atom is -0.378 e. The Hall–Kier alpha value is -1.67. The third-order valence-electron chi connectivity index (χ3n) is 4.61. The van der Waals surface area contributed by atoms with E-state index >= 15 is 0 Å². The summed E-state index contributed by atoms with van der Waals surface area (Å²) in [5.41, 5.74) is 1.61. The van der Waals surface area contributed by atoms with Crippen molar-refractivity contribution in [2.45, 2.75) is 38.6 Å². The minimum absolute atomic E-state index is 0. The molecule has 0 aromatic heterocycles. The van der Waals surface area contributed by atoms with Crippen LogP contribution in [-0.4, -0.2) is 67.8 Å². The van der Waals surface area contributed by atoms with Gasteiger partial charge in [-0.2, -0.15) is 0 Å². The number of benzene rings is 1. The fourth-order valence-corrected chi connectivity index (χ4v) is 3.34. The van der Waals surface area contributed by atoms with E-state index in [9.17, 15) is 9.59 Å². The highest BCUT2D eigenvalue weighted by molar-refractivity contribution is 5.94. The zero-order valence-electron chi connectivity index (χ0n) is 15.8. The van der Waals surface area contributed by atoms with Crippen molar-refractivity contribution in [1.29, 1.82) is 0 Å². The van der Waals surface area contributed by atoms with Crippen LogP contribution in [0.15, 0.2) is 24.3 Å². The van der Waals surface area contributed by atoms with Gasteiger partial charge in [0.1, 0.15) is 6.04 Å². The Balaban J connectivity index is 0.00000261. The van der Waals surface area contributed by atoms with Crippen LogP contribution < -0.4 is 10.6 Å². The molecule has 0 spiro atoms. The van der Waals surface area contributed by atoms with Gasteiger partial charge in [0.15, 0.2) is 0 Å².